The van der Waals surface area contributed by atoms with Crippen molar-refractivity contribution in [3.8, 4) is 0 Å². The molecule has 4 heteroatoms. The van der Waals surface area contributed by atoms with Crippen molar-refractivity contribution in [2.75, 3.05) is 31.1 Å². The number of nitrogens with one attached hydrogen (secondary N) is 1. The zero-order valence-corrected chi connectivity index (χ0v) is 9.49. The first-order valence-corrected chi connectivity index (χ1v) is 5.54. The average molecular weight is 219 g/mol. The molecule has 0 spiro atoms. The molecule has 0 unspecified atom stereocenters. The Balaban J connectivity index is 2.23. The van der Waals surface area contributed by atoms with Gasteiger partial charge in [-0.2, -0.15) is 0 Å². The van der Waals surface area contributed by atoms with Crippen LogP contribution in [0.2, 0.25) is 0 Å². The van der Waals surface area contributed by atoms with Gasteiger partial charge in [0.2, 0.25) is 5.91 Å². The summed E-state index contributed by atoms with van der Waals surface area (Å²) in [5.41, 5.74) is 8.01. The molecule has 1 aromatic carbocycles. The van der Waals surface area contributed by atoms with Crippen molar-refractivity contribution < 1.29 is 4.79 Å². The largest absolute Gasteiger partial charge is 0.369 e. The second kappa shape index (κ2) is 4.53. The topological polar surface area (TPSA) is 58.4 Å². The van der Waals surface area contributed by atoms with Gasteiger partial charge >= 0.3 is 0 Å². The van der Waals surface area contributed by atoms with Crippen LogP contribution in [-0.4, -0.2) is 32.1 Å². The predicted molar refractivity (Wildman–Crippen MR) is 64.8 cm³/mol. The van der Waals surface area contributed by atoms with E-state index in [1.54, 1.807) is 0 Å². The van der Waals surface area contributed by atoms with Gasteiger partial charge in [0.1, 0.15) is 0 Å². The number of nitrogens with two attached hydrogens (primary N) is 1. The van der Waals surface area contributed by atoms with E-state index < -0.39 is 0 Å². The van der Waals surface area contributed by atoms with Gasteiger partial charge in [-0.15, -0.1) is 0 Å². The maximum Gasteiger partial charge on any atom is 0.248 e. The number of carbonyl (C=O) groups excluding carboxylic acids is 1. The number of aryl methyl sites for hydroxylation is 1. The number of primary amides is 1. The maximum atomic E-state index is 11.1. The van der Waals surface area contributed by atoms with Crippen LogP contribution in [-0.2, 0) is 0 Å². The van der Waals surface area contributed by atoms with Crippen LogP contribution >= 0.6 is 0 Å². The number of benzene rings is 1. The fourth-order valence-corrected chi connectivity index (χ4v) is 2.04. The Bertz CT molecular complexity index is 397. The van der Waals surface area contributed by atoms with Gasteiger partial charge in [-0.25, -0.2) is 0 Å². The normalized spacial score (nSPS) is 16.2. The monoisotopic (exact) mass is 219 g/mol. The highest BCUT2D eigenvalue weighted by Crippen LogP contribution is 2.19. The molecule has 1 fully saturated rings. The number of rotatable bonds is 2. The minimum atomic E-state index is -0.357. The lowest BCUT2D eigenvalue weighted by Gasteiger charge is -2.29. The van der Waals surface area contributed by atoms with Crippen LogP contribution in [0.5, 0.6) is 0 Å². The summed E-state index contributed by atoms with van der Waals surface area (Å²) in [5.74, 6) is -0.357. The summed E-state index contributed by atoms with van der Waals surface area (Å²) in [6, 6.07) is 5.82. The molecular formula is C12H17N3O. The average Bonchev–Trinajstić information content (AvgIpc) is 2.29. The molecule has 4 nitrogen and oxygen atoms in total. The van der Waals surface area contributed by atoms with E-state index in [-0.39, 0.29) is 5.91 Å². The molecule has 1 amide bonds. The van der Waals surface area contributed by atoms with Crippen LogP contribution in [0.3, 0.4) is 0 Å². The summed E-state index contributed by atoms with van der Waals surface area (Å²) in [4.78, 5) is 13.4. The number of carbonyl (C=O) groups is 1. The summed E-state index contributed by atoms with van der Waals surface area (Å²) < 4.78 is 0. The number of hydrogen-bond acceptors (Lipinski definition) is 3. The first-order chi connectivity index (χ1) is 7.68. The van der Waals surface area contributed by atoms with Gasteiger partial charge in [0.15, 0.2) is 0 Å². The Hall–Kier alpha value is -1.55. The summed E-state index contributed by atoms with van der Waals surface area (Å²) in [6.07, 6.45) is 0. The molecule has 0 bridgehead atoms. The fraction of sp³-hybridized carbons (Fsp3) is 0.417. The lowest BCUT2D eigenvalue weighted by atomic mass is 10.1. The minimum Gasteiger partial charge on any atom is -0.369 e. The zero-order valence-electron chi connectivity index (χ0n) is 9.49. The third-order valence-electron chi connectivity index (χ3n) is 2.96. The third kappa shape index (κ3) is 2.17. The quantitative estimate of drug-likeness (QED) is 0.761. The molecule has 1 aromatic rings. The van der Waals surface area contributed by atoms with E-state index in [0.29, 0.717) is 5.56 Å². The van der Waals surface area contributed by atoms with Crippen LogP contribution in [0, 0.1) is 6.92 Å². The number of hydrogen-bond donors (Lipinski definition) is 2. The van der Waals surface area contributed by atoms with E-state index in [0.717, 1.165) is 31.7 Å². The molecule has 0 radical (unpaired) electrons. The number of piperazine rings is 1. The first-order valence-electron chi connectivity index (χ1n) is 5.54. The second-order valence-corrected chi connectivity index (χ2v) is 4.10. The van der Waals surface area contributed by atoms with E-state index in [9.17, 15) is 4.79 Å². The van der Waals surface area contributed by atoms with E-state index in [1.807, 2.05) is 25.1 Å². The van der Waals surface area contributed by atoms with Crippen molar-refractivity contribution in [2.24, 2.45) is 5.73 Å². The van der Waals surface area contributed by atoms with Gasteiger partial charge in [-0.3, -0.25) is 4.79 Å². The van der Waals surface area contributed by atoms with Crippen LogP contribution in [0.1, 0.15) is 15.9 Å². The molecule has 1 saturated heterocycles. The van der Waals surface area contributed by atoms with Gasteiger partial charge in [0.25, 0.3) is 0 Å². The summed E-state index contributed by atoms with van der Waals surface area (Å²) >= 11 is 0. The van der Waals surface area contributed by atoms with E-state index in [1.165, 1.54) is 5.69 Å². The number of amides is 1. The van der Waals surface area contributed by atoms with Gasteiger partial charge in [0, 0.05) is 37.4 Å². The molecule has 1 heterocycles. The summed E-state index contributed by atoms with van der Waals surface area (Å²) in [7, 11) is 0. The molecular weight excluding hydrogens is 202 g/mol. The predicted octanol–water partition coefficient (Wildman–Crippen LogP) is 0.504. The molecule has 3 N–H and O–H groups in total. The van der Waals surface area contributed by atoms with Crippen molar-refractivity contribution in [3.05, 3.63) is 29.3 Å². The van der Waals surface area contributed by atoms with Crippen molar-refractivity contribution in [1.29, 1.82) is 0 Å². The van der Waals surface area contributed by atoms with Crippen LogP contribution in [0.15, 0.2) is 18.2 Å². The molecule has 86 valence electrons. The van der Waals surface area contributed by atoms with E-state index in [2.05, 4.69) is 10.2 Å². The Morgan fingerprint density at radius 2 is 2.06 bits per heavy atom. The highest BCUT2D eigenvalue weighted by Gasteiger charge is 2.12. The molecule has 0 aromatic heterocycles. The Kier molecular flexibility index (Phi) is 3.10. The van der Waals surface area contributed by atoms with E-state index in [4.69, 9.17) is 5.73 Å². The Morgan fingerprint density at radius 3 is 2.62 bits per heavy atom. The molecule has 0 atom stereocenters. The molecule has 2 rings (SSSR count). The lowest BCUT2D eigenvalue weighted by Crippen LogP contribution is -2.43. The minimum absolute atomic E-state index is 0.357. The fourth-order valence-electron chi connectivity index (χ4n) is 2.04. The van der Waals surface area contributed by atoms with Crippen molar-refractivity contribution in [3.63, 3.8) is 0 Å². The maximum absolute atomic E-state index is 11.1. The molecule has 1 aliphatic rings. The van der Waals surface area contributed by atoms with Gasteiger partial charge in [-0.05, 0) is 30.7 Å². The van der Waals surface area contributed by atoms with Crippen molar-refractivity contribution >= 4 is 11.6 Å². The van der Waals surface area contributed by atoms with Gasteiger partial charge < -0.3 is 16.0 Å². The smallest absolute Gasteiger partial charge is 0.248 e. The number of anilines is 1. The Morgan fingerprint density at radius 1 is 1.38 bits per heavy atom. The molecule has 0 aliphatic carbocycles. The number of nitrogens with zero attached hydrogens (tertiary/aromatic N) is 1. The summed E-state index contributed by atoms with van der Waals surface area (Å²) in [5, 5.41) is 3.31. The van der Waals surface area contributed by atoms with Crippen LogP contribution in [0.25, 0.3) is 0 Å². The van der Waals surface area contributed by atoms with E-state index >= 15 is 0 Å². The first kappa shape index (κ1) is 11.0. The Labute approximate surface area is 95.4 Å². The van der Waals surface area contributed by atoms with Gasteiger partial charge in [-0.1, -0.05) is 0 Å². The van der Waals surface area contributed by atoms with Crippen molar-refractivity contribution in [2.45, 2.75) is 6.92 Å². The molecule has 1 aliphatic heterocycles. The zero-order chi connectivity index (χ0) is 11.5. The standard InChI is InChI=1S/C12H17N3O/c1-9-8-10(2-3-11(9)12(13)16)15-6-4-14-5-7-15/h2-3,8,14H,4-7H2,1H3,(H2,13,16). The van der Waals surface area contributed by atoms with Crippen LogP contribution < -0.4 is 16.0 Å². The SMILES string of the molecule is Cc1cc(N2CCNCC2)ccc1C(N)=O. The highest BCUT2D eigenvalue weighted by atomic mass is 16.1. The van der Waals surface area contributed by atoms with Crippen LogP contribution in [0.4, 0.5) is 5.69 Å². The third-order valence-corrected chi connectivity index (χ3v) is 2.96. The molecule has 16 heavy (non-hydrogen) atoms. The van der Waals surface area contributed by atoms with Crippen molar-refractivity contribution in [1.82, 2.24) is 5.32 Å². The second-order valence-electron chi connectivity index (χ2n) is 4.10. The molecule has 0 saturated carbocycles. The van der Waals surface area contributed by atoms with Gasteiger partial charge in [0.05, 0.1) is 0 Å². The lowest BCUT2D eigenvalue weighted by molar-refractivity contribution is 0.1000. The highest BCUT2D eigenvalue weighted by molar-refractivity contribution is 5.94. The summed E-state index contributed by atoms with van der Waals surface area (Å²) in [6.45, 7) is 5.96.